The summed E-state index contributed by atoms with van der Waals surface area (Å²) >= 11 is 0. The van der Waals surface area contributed by atoms with Crippen molar-refractivity contribution in [3.8, 4) is 0 Å². The van der Waals surface area contributed by atoms with E-state index in [1.807, 2.05) is 6.07 Å². The van der Waals surface area contributed by atoms with Crippen molar-refractivity contribution < 1.29 is 9.53 Å². The first kappa shape index (κ1) is 15.8. The van der Waals surface area contributed by atoms with Crippen molar-refractivity contribution in [3.63, 3.8) is 0 Å². The van der Waals surface area contributed by atoms with Crippen molar-refractivity contribution in [2.75, 3.05) is 24.6 Å². The highest BCUT2D eigenvalue weighted by Gasteiger charge is 2.26. The normalized spacial score (nSPS) is 22.1. The highest BCUT2D eigenvalue weighted by atomic mass is 16.5. The zero-order valence-electron chi connectivity index (χ0n) is 13.1. The molecule has 1 aromatic heterocycles. The van der Waals surface area contributed by atoms with Gasteiger partial charge in [0, 0.05) is 31.4 Å². The van der Waals surface area contributed by atoms with Gasteiger partial charge in [-0.3, -0.25) is 0 Å². The van der Waals surface area contributed by atoms with Crippen LogP contribution in [0.25, 0.3) is 0 Å². The molecular formula is C16H25N3O2. The van der Waals surface area contributed by atoms with Crippen molar-refractivity contribution >= 4 is 11.8 Å². The molecule has 1 aliphatic rings. The van der Waals surface area contributed by atoms with Gasteiger partial charge >= 0.3 is 5.97 Å². The van der Waals surface area contributed by atoms with Crippen LogP contribution >= 0.6 is 0 Å². The summed E-state index contributed by atoms with van der Waals surface area (Å²) in [6.45, 7) is 8.51. The minimum Gasteiger partial charge on any atom is -0.462 e. The molecule has 2 heterocycles. The first-order valence-corrected chi connectivity index (χ1v) is 7.82. The van der Waals surface area contributed by atoms with Gasteiger partial charge in [-0.15, -0.1) is 0 Å². The maximum atomic E-state index is 11.7. The SMILES string of the molecule is CCOC(=O)c1ccc(N2CC(CC)NCC2CC)nc1. The number of piperazine rings is 1. The quantitative estimate of drug-likeness (QED) is 0.843. The summed E-state index contributed by atoms with van der Waals surface area (Å²) < 4.78 is 4.99. The van der Waals surface area contributed by atoms with Crippen LogP contribution < -0.4 is 10.2 Å². The molecule has 0 aromatic carbocycles. The van der Waals surface area contributed by atoms with E-state index in [0.717, 1.165) is 31.7 Å². The Labute approximate surface area is 126 Å². The second kappa shape index (κ2) is 7.41. The zero-order valence-corrected chi connectivity index (χ0v) is 13.1. The Morgan fingerprint density at radius 3 is 2.76 bits per heavy atom. The van der Waals surface area contributed by atoms with E-state index in [1.165, 1.54) is 0 Å². The summed E-state index contributed by atoms with van der Waals surface area (Å²) in [6.07, 6.45) is 3.79. The second-order valence-corrected chi connectivity index (χ2v) is 5.35. The van der Waals surface area contributed by atoms with Crippen LogP contribution in [0.15, 0.2) is 18.3 Å². The Kier molecular flexibility index (Phi) is 5.56. The Morgan fingerprint density at radius 1 is 1.38 bits per heavy atom. The number of anilines is 1. The maximum Gasteiger partial charge on any atom is 0.339 e. The van der Waals surface area contributed by atoms with Crippen molar-refractivity contribution in [1.82, 2.24) is 10.3 Å². The minimum atomic E-state index is -0.310. The molecule has 0 aliphatic carbocycles. The van der Waals surface area contributed by atoms with E-state index in [4.69, 9.17) is 4.74 Å². The van der Waals surface area contributed by atoms with Gasteiger partial charge in [0.25, 0.3) is 0 Å². The van der Waals surface area contributed by atoms with Gasteiger partial charge in [0.1, 0.15) is 5.82 Å². The van der Waals surface area contributed by atoms with E-state index in [0.29, 0.717) is 24.3 Å². The van der Waals surface area contributed by atoms with E-state index in [2.05, 4.69) is 29.0 Å². The van der Waals surface area contributed by atoms with Crippen LogP contribution in [0.1, 0.15) is 44.0 Å². The molecule has 1 N–H and O–H groups in total. The maximum absolute atomic E-state index is 11.7. The summed E-state index contributed by atoms with van der Waals surface area (Å²) in [5.74, 6) is 0.630. The van der Waals surface area contributed by atoms with Gasteiger partial charge in [-0.2, -0.15) is 0 Å². The fourth-order valence-corrected chi connectivity index (χ4v) is 2.67. The Hall–Kier alpha value is -1.62. The van der Waals surface area contributed by atoms with Crippen molar-refractivity contribution in [1.29, 1.82) is 0 Å². The van der Waals surface area contributed by atoms with Crippen molar-refractivity contribution in [2.24, 2.45) is 0 Å². The lowest BCUT2D eigenvalue weighted by Crippen LogP contribution is -2.56. The fraction of sp³-hybridized carbons (Fsp3) is 0.625. The Balaban J connectivity index is 2.13. The molecule has 116 valence electrons. The number of aromatic nitrogens is 1. The number of rotatable bonds is 5. The molecule has 0 amide bonds. The van der Waals surface area contributed by atoms with E-state index in [1.54, 1.807) is 19.2 Å². The second-order valence-electron chi connectivity index (χ2n) is 5.35. The predicted molar refractivity (Wildman–Crippen MR) is 83.7 cm³/mol. The molecule has 0 bridgehead atoms. The smallest absolute Gasteiger partial charge is 0.339 e. The van der Waals surface area contributed by atoms with Gasteiger partial charge in [-0.1, -0.05) is 13.8 Å². The van der Waals surface area contributed by atoms with Gasteiger partial charge in [-0.25, -0.2) is 9.78 Å². The monoisotopic (exact) mass is 291 g/mol. The molecule has 1 saturated heterocycles. The Bertz CT molecular complexity index is 461. The van der Waals surface area contributed by atoms with Crippen LogP contribution in [-0.4, -0.2) is 42.7 Å². The number of hydrogen-bond donors (Lipinski definition) is 1. The van der Waals surface area contributed by atoms with Gasteiger partial charge in [0.15, 0.2) is 0 Å². The molecule has 1 fully saturated rings. The first-order valence-electron chi connectivity index (χ1n) is 7.82. The molecule has 0 saturated carbocycles. The lowest BCUT2D eigenvalue weighted by atomic mass is 10.1. The number of carbonyl (C=O) groups excluding carboxylic acids is 1. The summed E-state index contributed by atoms with van der Waals surface area (Å²) in [4.78, 5) is 18.5. The van der Waals surface area contributed by atoms with Gasteiger partial charge in [-0.05, 0) is 31.9 Å². The summed E-state index contributed by atoms with van der Waals surface area (Å²) in [5, 5.41) is 3.57. The third-order valence-corrected chi connectivity index (χ3v) is 4.02. The number of carbonyl (C=O) groups is 1. The first-order chi connectivity index (χ1) is 10.2. The van der Waals surface area contributed by atoms with E-state index < -0.39 is 0 Å². The lowest BCUT2D eigenvalue weighted by molar-refractivity contribution is 0.0526. The van der Waals surface area contributed by atoms with Crippen LogP contribution in [0.3, 0.4) is 0 Å². The molecule has 1 aliphatic heterocycles. The molecule has 5 heteroatoms. The third-order valence-electron chi connectivity index (χ3n) is 4.02. The molecule has 2 unspecified atom stereocenters. The number of esters is 1. The number of ether oxygens (including phenoxy) is 1. The average molecular weight is 291 g/mol. The lowest BCUT2D eigenvalue weighted by Gasteiger charge is -2.40. The number of hydrogen-bond acceptors (Lipinski definition) is 5. The molecule has 0 radical (unpaired) electrons. The standard InChI is InChI=1S/C16H25N3O2/c1-4-13-11-19(14(5-2)10-17-13)15-8-7-12(9-18-15)16(20)21-6-3/h7-9,13-14,17H,4-6,10-11H2,1-3H3. The van der Waals surface area contributed by atoms with Gasteiger partial charge < -0.3 is 15.0 Å². The molecule has 2 rings (SSSR count). The summed E-state index contributed by atoms with van der Waals surface area (Å²) in [5.41, 5.74) is 0.510. The highest BCUT2D eigenvalue weighted by Crippen LogP contribution is 2.20. The fourth-order valence-electron chi connectivity index (χ4n) is 2.67. The molecule has 21 heavy (non-hydrogen) atoms. The largest absolute Gasteiger partial charge is 0.462 e. The van der Waals surface area contributed by atoms with Crippen LogP contribution in [0, 0.1) is 0 Å². The van der Waals surface area contributed by atoms with Crippen molar-refractivity contribution in [3.05, 3.63) is 23.9 Å². The van der Waals surface area contributed by atoms with Crippen LogP contribution in [0.4, 0.5) is 5.82 Å². The Morgan fingerprint density at radius 2 is 2.19 bits per heavy atom. The van der Waals surface area contributed by atoms with Crippen LogP contribution in [-0.2, 0) is 4.74 Å². The molecule has 2 atom stereocenters. The van der Waals surface area contributed by atoms with E-state index in [-0.39, 0.29) is 5.97 Å². The number of pyridine rings is 1. The number of nitrogens with one attached hydrogen (secondary N) is 1. The summed E-state index contributed by atoms with van der Waals surface area (Å²) in [6, 6.07) is 4.68. The topological polar surface area (TPSA) is 54.5 Å². The van der Waals surface area contributed by atoms with Crippen LogP contribution in [0.2, 0.25) is 0 Å². The molecule has 1 aromatic rings. The van der Waals surface area contributed by atoms with Gasteiger partial charge in [0.05, 0.1) is 12.2 Å². The van der Waals surface area contributed by atoms with E-state index >= 15 is 0 Å². The van der Waals surface area contributed by atoms with E-state index in [9.17, 15) is 4.79 Å². The summed E-state index contributed by atoms with van der Waals surface area (Å²) in [7, 11) is 0. The average Bonchev–Trinajstić information content (AvgIpc) is 2.54. The van der Waals surface area contributed by atoms with Gasteiger partial charge in [0.2, 0.25) is 0 Å². The minimum absolute atomic E-state index is 0.310. The van der Waals surface area contributed by atoms with Crippen LogP contribution in [0.5, 0.6) is 0 Å². The van der Waals surface area contributed by atoms with Crippen molar-refractivity contribution in [2.45, 2.75) is 45.7 Å². The number of nitrogens with zero attached hydrogens (tertiary/aromatic N) is 2. The molecular weight excluding hydrogens is 266 g/mol. The third kappa shape index (κ3) is 3.73. The predicted octanol–water partition coefficient (Wildman–Crippen LogP) is 2.23. The molecule has 0 spiro atoms. The molecule has 5 nitrogen and oxygen atoms in total. The highest BCUT2D eigenvalue weighted by molar-refractivity contribution is 5.89. The zero-order chi connectivity index (χ0) is 15.2.